The van der Waals surface area contributed by atoms with E-state index in [4.69, 9.17) is 14.2 Å². The summed E-state index contributed by atoms with van der Waals surface area (Å²) in [5, 5.41) is 0. The standard InChI is InChI=1S/C16H15BrO4/c1-19-10-4-6-12(14(17)8-10)16(18)13-7-5-11(20-2)9-15(13)21-3/h4-9H,1-3H3. The molecule has 0 aliphatic heterocycles. The van der Waals surface area contributed by atoms with E-state index in [0.717, 1.165) is 0 Å². The maximum atomic E-state index is 12.7. The fraction of sp³-hybridized carbons (Fsp3) is 0.188. The van der Waals surface area contributed by atoms with Crippen LogP contribution >= 0.6 is 15.9 Å². The zero-order valence-corrected chi connectivity index (χ0v) is 13.6. The third-order valence-corrected chi connectivity index (χ3v) is 3.73. The van der Waals surface area contributed by atoms with Crippen LogP contribution in [-0.4, -0.2) is 27.1 Å². The Balaban J connectivity index is 2.44. The summed E-state index contributed by atoms with van der Waals surface area (Å²) < 4.78 is 16.2. The lowest BCUT2D eigenvalue weighted by Gasteiger charge is -2.11. The third-order valence-electron chi connectivity index (χ3n) is 3.07. The van der Waals surface area contributed by atoms with Gasteiger partial charge in [0.1, 0.15) is 17.2 Å². The van der Waals surface area contributed by atoms with Gasteiger partial charge in [0.05, 0.1) is 26.9 Å². The molecule has 0 atom stereocenters. The Morgan fingerprint density at radius 2 is 1.43 bits per heavy atom. The van der Waals surface area contributed by atoms with Crippen LogP contribution in [0.5, 0.6) is 17.2 Å². The molecule has 4 nitrogen and oxygen atoms in total. The molecule has 0 saturated carbocycles. The highest BCUT2D eigenvalue weighted by atomic mass is 79.9. The normalized spacial score (nSPS) is 10.1. The van der Waals surface area contributed by atoms with Crippen LogP contribution in [0.2, 0.25) is 0 Å². The molecule has 0 amide bonds. The smallest absolute Gasteiger partial charge is 0.197 e. The lowest BCUT2D eigenvalue weighted by molar-refractivity contribution is 0.103. The molecule has 5 heteroatoms. The maximum Gasteiger partial charge on any atom is 0.197 e. The van der Waals surface area contributed by atoms with Gasteiger partial charge in [-0.05, 0) is 46.3 Å². The van der Waals surface area contributed by atoms with Gasteiger partial charge in [-0.15, -0.1) is 0 Å². The molecular formula is C16H15BrO4. The molecule has 2 aromatic rings. The Labute approximate surface area is 131 Å². The van der Waals surface area contributed by atoms with Gasteiger partial charge in [0.25, 0.3) is 0 Å². The van der Waals surface area contributed by atoms with Crippen LogP contribution in [0.15, 0.2) is 40.9 Å². The first kappa shape index (κ1) is 15.4. The highest BCUT2D eigenvalue weighted by Crippen LogP contribution is 2.30. The molecule has 0 radical (unpaired) electrons. The zero-order chi connectivity index (χ0) is 15.4. The van der Waals surface area contributed by atoms with Gasteiger partial charge in [-0.25, -0.2) is 0 Å². The van der Waals surface area contributed by atoms with E-state index in [2.05, 4.69) is 15.9 Å². The minimum atomic E-state index is -0.135. The SMILES string of the molecule is COc1ccc(C(=O)c2ccc(OC)cc2OC)c(Br)c1. The van der Waals surface area contributed by atoms with E-state index in [1.807, 2.05) is 0 Å². The number of hydrogen-bond donors (Lipinski definition) is 0. The zero-order valence-electron chi connectivity index (χ0n) is 12.0. The molecule has 0 bridgehead atoms. The fourth-order valence-corrected chi connectivity index (χ4v) is 2.48. The van der Waals surface area contributed by atoms with Crippen LogP contribution in [0.4, 0.5) is 0 Å². The minimum Gasteiger partial charge on any atom is -0.497 e. The van der Waals surface area contributed by atoms with E-state index in [9.17, 15) is 4.79 Å². The Bertz CT molecular complexity index is 667. The van der Waals surface area contributed by atoms with Crippen molar-refractivity contribution in [3.05, 3.63) is 52.0 Å². The van der Waals surface area contributed by atoms with E-state index in [1.54, 1.807) is 50.6 Å². The molecule has 2 aromatic carbocycles. The van der Waals surface area contributed by atoms with Crippen LogP contribution in [0, 0.1) is 0 Å². The average molecular weight is 351 g/mol. The summed E-state index contributed by atoms with van der Waals surface area (Å²) in [5.74, 6) is 1.66. The van der Waals surface area contributed by atoms with E-state index in [0.29, 0.717) is 32.8 Å². The average Bonchev–Trinajstić information content (AvgIpc) is 2.53. The van der Waals surface area contributed by atoms with Crippen LogP contribution in [0.3, 0.4) is 0 Å². The van der Waals surface area contributed by atoms with Gasteiger partial charge in [-0.3, -0.25) is 4.79 Å². The van der Waals surface area contributed by atoms with E-state index >= 15 is 0 Å². The summed E-state index contributed by atoms with van der Waals surface area (Å²) in [7, 11) is 4.67. The summed E-state index contributed by atoms with van der Waals surface area (Å²) in [4.78, 5) is 12.7. The number of ketones is 1. The number of hydrogen-bond acceptors (Lipinski definition) is 4. The summed E-state index contributed by atoms with van der Waals surface area (Å²) in [6.45, 7) is 0. The van der Waals surface area contributed by atoms with Gasteiger partial charge in [0.15, 0.2) is 5.78 Å². The topological polar surface area (TPSA) is 44.8 Å². The quantitative estimate of drug-likeness (QED) is 0.771. The van der Waals surface area contributed by atoms with E-state index < -0.39 is 0 Å². The first-order valence-electron chi connectivity index (χ1n) is 6.21. The van der Waals surface area contributed by atoms with Gasteiger partial charge >= 0.3 is 0 Å². The van der Waals surface area contributed by atoms with Crippen LogP contribution < -0.4 is 14.2 Å². The van der Waals surface area contributed by atoms with Crippen molar-refractivity contribution < 1.29 is 19.0 Å². The highest BCUT2D eigenvalue weighted by molar-refractivity contribution is 9.10. The van der Waals surface area contributed by atoms with Crippen LogP contribution in [0.1, 0.15) is 15.9 Å². The molecule has 0 aliphatic rings. The lowest BCUT2D eigenvalue weighted by atomic mass is 10.0. The fourth-order valence-electron chi connectivity index (χ4n) is 1.94. The Kier molecular flexibility index (Phi) is 4.85. The van der Waals surface area contributed by atoms with E-state index in [1.165, 1.54) is 7.11 Å². The van der Waals surface area contributed by atoms with Gasteiger partial charge in [0, 0.05) is 16.1 Å². The number of methoxy groups -OCH3 is 3. The maximum absolute atomic E-state index is 12.7. The largest absolute Gasteiger partial charge is 0.497 e. The molecule has 0 aliphatic carbocycles. The van der Waals surface area contributed by atoms with E-state index in [-0.39, 0.29) is 5.78 Å². The molecule has 0 N–H and O–H groups in total. The molecule has 0 heterocycles. The highest BCUT2D eigenvalue weighted by Gasteiger charge is 2.18. The number of carbonyl (C=O) groups is 1. The van der Waals surface area contributed by atoms with Crippen molar-refractivity contribution in [1.29, 1.82) is 0 Å². The number of rotatable bonds is 5. The predicted octanol–water partition coefficient (Wildman–Crippen LogP) is 3.71. The monoisotopic (exact) mass is 350 g/mol. The number of ether oxygens (including phenoxy) is 3. The van der Waals surface area contributed by atoms with Crippen molar-refractivity contribution in [3.63, 3.8) is 0 Å². The van der Waals surface area contributed by atoms with Crippen molar-refractivity contribution in [3.8, 4) is 17.2 Å². The molecule has 0 spiro atoms. The van der Waals surface area contributed by atoms with Gasteiger partial charge < -0.3 is 14.2 Å². The van der Waals surface area contributed by atoms with Crippen molar-refractivity contribution >= 4 is 21.7 Å². The molecule has 0 saturated heterocycles. The molecule has 0 unspecified atom stereocenters. The number of benzene rings is 2. The first-order chi connectivity index (χ1) is 10.1. The molecule has 2 rings (SSSR count). The summed E-state index contributed by atoms with van der Waals surface area (Å²) in [6.07, 6.45) is 0. The summed E-state index contributed by atoms with van der Waals surface area (Å²) >= 11 is 3.39. The minimum absolute atomic E-state index is 0.135. The second-order valence-electron chi connectivity index (χ2n) is 4.24. The molecule has 0 fully saturated rings. The van der Waals surface area contributed by atoms with Crippen molar-refractivity contribution in [2.45, 2.75) is 0 Å². The van der Waals surface area contributed by atoms with Crippen molar-refractivity contribution in [2.24, 2.45) is 0 Å². The molecule has 110 valence electrons. The van der Waals surface area contributed by atoms with Crippen molar-refractivity contribution in [2.75, 3.05) is 21.3 Å². The third kappa shape index (κ3) is 3.19. The first-order valence-corrected chi connectivity index (χ1v) is 7.00. The second kappa shape index (κ2) is 6.63. The molecular weight excluding hydrogens is 336 g/mol. The Hall–Kier alpha value is -2.01. The second-order valence-corrected chi connectivity index (χ2v) is 5.10. The van der Waals surface area contributed by atoms with Crippen LogP contribution in [-0.2, 0) is 0 Å². The van der Waals surface area contributed by atoms with Crippen LogP contribution in [0.25, 0.3) is 0 Å². The Morgan fingerprint density at radius 3 is 1.95 bits per heavy atom. The predicted molar refractivity (Wildman–Crippen MR) is 83.7 cm³/mol. The van der Waals surface area contributed by atoms with Gasteiger partial charge in [-0.1, -0.05) is 0 Å². The number of carbonyl (C=O) groups excluding carboxylic acids is 1. The van der Waals surface area contributed by atoms with Gasteiger partial charge in [0.2, 0.25) is 0 Å². The lowest BCUT2D eigenvalue weighted by Crippen LogP contribution is -2.05. The Morgan fingerprint density at radius 1 is 0.857 bits per heavy atom. The van der Waals surface area contributed by atoms with Gasteiger partial charge in [-0.2, -0.15) is 0 Å². The summed E-state index contributed by atoms with van der Waals surface area (Å²) in [6, 6.07) is 10.3. The molecule has 21 heavy (non-hydrogen) atoms. The molecule has 0 aromatic heterocycles. The summed E-state index contributed by atoms with van der Waals surface area (Å²) in [5.41, 5.74) is 1.02. The van der Waals surface area contributed by atoms with Crippen molar-refractivity contribution in [1.82, 2.24) is 0 Å². The number of halogens is 1.